The van der Waals surface area contributed by atoms with Gasteiger partial charge in [-0.15, -0.1) is 11.3 Å². The minimum atomic E-state index is 0.433. The highest BCUT2D eigenvalue weighted by Crippen LogP contribution is 2.20. The maximum atomic E-state index is 4.76. The van der Waals surface area contributed by atoms with Crippen molar-refractivity contribution in [3.63, 3.8) is 0 Å². The van der Waals surface area contributed by atoms with Crippen molar-refractivity contribution in [2.45, 2.75) is 52.2 Å². The van der Waals surface area contributed by atoms with E-state index in [9.17, 15) is 0 Å². The zero-order chi connectivity index (χ0) is 19.1. The van der Waals surface area contributed by atoms with E-state index < -0.39 is 0 Å². The molecule has 2 aromatic rings. The van der Waals surface area contributed by atoms with Gasteiger partial charge in [0.2, 0.25) is 0 Å². The number of nitrogens with zero attached hydrogens (tertiary/aromatic N) is 3. The third kappa shape index (κ3) is 6.04. The molecule has 3 rings (SSSR count). The topological polar surface area (TPSA) is 52.6 Å². The number of thiazole rings is 1. The standard InChI is InChI=1S/C21H31N5S/c1-4-22-21(23-11-10-19-15-27-17(3)24-19)25-20-12-16(2)26(14-20)13-18-8-6-5-7-9-18/h5-9,15-16,20H,4,10-14H2,1-3H3,(H2,22,23,25). The van der Waals surface area contributed by atoms with Crippen LogP contribution in [0.5, 0.6) is 0 Å². The lowest BCUT2D eigenvalue weighted by Crippen LogP contribution is -2.44. The van der Waals surface area contributed by atoms with E-state index in [-0.39, 0.29) is 0 Å². The Balaban J connectivity index is 1.52. The highest BCUT2D eigenvalue weighted by atomic mass is 32.1. The first-order chi connectivity index (χ1) is 13.1. The van der Waals surface area contributed by atoms with Crippen molar-refractivity contribution in [1.29, 1.82) is 0 Å². The summed E-state index contributed by atoms with van der Waals surface area (Å²) < 4.78 is 0. The Kier molecular flexibility index (Phi) is 7.24. The Labute approximate surface area is 166 Å². The average Bonchev–Trinajstić information content (AvgIpc) is 3.21. The summed E-state index contributed by atoms with van der Waals surface area (Å²) in [5.41, 5.74) is 2.52. The fourth-order valence-electron chi connectivity index (χ4n) is 3.56. The van der Waals surface area contributed by atoms with Gasteiger partial charge in [-0.25, -0.2) is 4.98 Å². The first-order valence-electron chi connectivity index (χ1n) is 9.88. The van der Waals surface area contributed by atoms with Gasteiger partial charge >= 0.3 is 0 Å². The largest absolute Gasteiger partial charge is 0.357 e. The van der Waals surface area contributed by atoms with Crippen molar-refractivity contribution < 1.29 is 0 Å². The summed E-state index contributed by atoms with van der Waals surface area (Å²) in [5.74, 6) is 0.920. The van der Waals surface area contributed by atoms with Crippen LogP contribution in [0.2, 0.25) is 0 Å². The molecule has 1 saturated heterocycles. The number of aryl methyl sites for hydroxylation is 1. The third-order valence-electron chi connectivity index (χ3n) is 4.92. The first-order valence-corrected chi connectivity index (χ1v) is 10.8. The number of guanidine groups is 1. The SMILES string of the molecule is CCNC(=NCCc1csc(C)n1)NC1CC(C)N(Cc2ccccc2)C1. The van der Waals surface area contributed by atoms with E-state index in [0.717, 1.165) is 55.7 Å². The summed E-state index contributed by atoms with van der Waals surface area (Å²) in [7, 11) is 0. The van der Waals surface area contributed by atoms with Gasteiger partial charge in [-0.1, -0.05) is 30.3 Å². The maximum Gasteiger partial charge on any atom is 0.191 e. The lowest BCUT2D eigenvalue weighted by molar-refractivity contribution is 0.258. The van der Waals surface area contributed by atoms with E-state index in [0.29, 0.717) is 12.1 Å². The van der Waals surface area contributed by atoms with Crippen molar-refractivity contribution >= 4 is 17.3 Å². The van der Waals surface area contributed by atoms with Gasteiger partial charge in [0.25, 0.3) is 0 Å². The van der Waals surface area contributed by atoms with Crippen molar-refractivity contribution in [1.82, 2.24) is 20.5 Å². The predicted molar refractivity (Wildman–Crippen MR) is 114 cm³/mol. The molecule has 2 atom stereocenters. The van der Waals surface area contributed by atoms with Crippen LogP contribution in [0.25, 0.3) is 0 Å². The van der Waals surface area contributed by atoms with E-state index >= 15 is 0 Å². The van der Waals surface area contributed by atoms with Crippen molar-refractivity contribution in [3.05, 3.63) is 52.0 Å². The second-order valence-electron chi connectivity index (χ2n) is 7.21. The number of aliphatic imine (C=N–C) groups is 1. The molecule has 0 amide bonds. The molecule has 2 unspecified atom stereocenters. The molecule has 1 aliphatic heterocycles. The number of rotatable bonds is 7. The van der Waals surface area contributed by atoms with Crippen LogP contribution in [0.1, 0.15) is 36.5 Å². The number of likely N-dealkylation sites (tertiary alicyclic amines) is 1. The van der Waals surface area contributed by atoms with E-state index in [4.69, 9.17) is 4.99 Å². The second kappa shape index (κ2) is 9.85. The highest BCUT2D eigenvalue weighted by molar-refractivity contribution is 7.09. The van der Waals surface area contributed by atoms with Crippen molar-refractivity contribution in [3.8, 4) is 0 Å². The van der Waals surface area contributed by atoms with E-state index in [1.165, 1.54) is 5.56 Å². The minimum absolute atomic E-state index is 0.433. The minimum Gasteiger partial charge on any atom is -0.357 e. The molecule has 5 nitrogen and oxygen atoms in total. The Morgan fingerprint density at radius 3 is 2.85 bits per heavy atom. The molecule has 0 saturated carbocycles. The van der Waals surface area contributed by atoms with E-state index in [1.54, 1.807) is 11.3 Å². The summed E-state index contributed by atoms with van der Waals surface area (Å²) in [5, 5.41) is 10.3. The van der Waals surface area contributed by atoms with Crippen LogP contribution in [0.15, 0.2) is 40.7 Å². The fourth-order valence-corrected chi connectivity index (χ4v) is 4.21. The summed E-state index contributed by atoms with van der Waals surface area (Å²) in [4.78, 5) is 11.8. The van der Waals surface area contributed by atoms with Gasteiger partial charge in [0, 0.05) is 50.1 Å². The molecule has 1 fully saturated rings. The van der Waals surface area contributed by atoms with Gasteiger partial charge in [0.1, 0.15) is 0 Å². The molecular weight excluding hydrogens is 354 g/mol. The smallest absolute Gasteiger partial charge is 0.191 e. The molecule has 27 heavy (non-hydrogen) atoms. The molecule has 1 aromatic carbocycles. The van der Waals surface area contributed by atoms with Crippen LogP contribution in [-0.2, 0) is 13.0 Å². The van der Waals surface area contributed by atoms with Crippen LogP contribution in [0.3, 0.4) is 0 Å². The molecular formula is C21H31N5S. The number of nitrogens with one attached hydrogen (secondary N) is 2. The Hall–Kier alpha value is -1.92. The first kappa shape index (κ1) is 19.8. The number of hydrogen-bond donors (Lipinski definition) is 2. The average molecular weight is 386 g/mol. The quantitative estimate of drug-likeness (QED) is 0.568. The molecule has 6 heteroatoms. The maximum absolute atomic E-state index is 4.76. The number of benzene rings is 1. The van der Waals surface area contributed by atoms with E-state index in [2.05, 4.69) is 70.1 Å². The monoisotopic (exact) mass is 385 g/mol. The predicted octanol–water partition coefficient (Wildman–Crippen LogP) is 3.21. The lowest BCUT2D eigenvalue weighted by atomic mass is 10.2. The molecule has 0 bridgehead atoms. The molecule has 1 aliphatic rings. The lowest BCUT2D eigenvalue weighted by Gasteiger charge is -2.21. The Bertz CT molecular complexity index is 727. The van der Waals surface area contributed by atoms with Crippen LogP contribution >= 0.6 is 11.3 Å². The molecule has 2 heterocycles. The van der Waals surface area contributed by atoms with Gasteiger partial charge in [0.05, 0.1) is 10.7 Å². The van der Waals surface area contributed by atoms with Gasteiger partial charge in [-0.2, -0.15) is 0 Å². The Morgan fingerprint density at radius 2 is 2.15 bits per heavy atom. The van der Waals surface area contributed by atoms with Gasteiger partial charge < -0.3 is 10.6 Å². The third-order valence-corrected chi connectivity index (χ3v) is 5.74. The van der Waals surface area contributed by atoms with Crippen LogP contribution in [0, 0.1) is 6.92 Å². The molecule has 2 N–H and O–H groups in total. The fraction of sp³-hybridized carbons (Fsp3) is 0.524. The number of aromatic nitrogens is 1. The molecule has 146 valence electrons. The molecule has 0 aliphatic carbocycles. The van der Waals surface area contributed by atoms with Crippen molar-refractivity contribution in [2.24, 2.45) is 4.99 Å². The van der Waals surface area contributed by atoms with Gasteiger partial charge in [-0.3, -0.25) is 9.89 Å². The van der Waals surface area contributed by atoms with Gasteiger partial charge in [-0.05, 0) is 32.8 Å². The molecule has 1 aromatic heterocycles. The zero-order valence-electron chi connectivity index (χ0n) is 16.6. The van der Waals surface area contributed by atoms with E-state index in [1.807, 2.05) is 6.92 Å². The zero-order valence-corrected chi connectivity index (χ0v) is 17.4. The van der Waals surface area contributed by atoms with Crippen molar-refractivity contribution in [2.75, 3.05) is 19.6 Å². The normalized spacial score (nSPS) is 20.8. The summed E-state index contributed by atoms with van der Waals surface area (Å²) >= 11 is 1.70. The summed E-state index contributed by atoms with van der Waals surface area (Å²) in [6, 6.07) is 11.7. The van der Waals surface area contributed by atoms with Crippen LogP contribution < -0.4 is 10.6 Å². The molecule has 0 radical (unpaired) electrons. The highest BCUT2D eigenvalue weighted by Gasteiger charge is 2.29. The Morgan fingerprint density at radius 1 is 1.33 bits per heavy atom. The van der Waals surface area contributed by atoms with Gasteiger partial charge in [0.15, 0.2) is 5.96 Å². The van der Waals surface area contributed by atoms with Crippen LogP contribution in [-0.4, -0.2) is 47.6 Å². The number of hydrogen-bond acceptors (Lipinski definition) is 4. The van der Waals surface area contributed by atoms with Crippen LogP contribution in [0.4, 0.5) is 0 Å². The summed E-state index contributed by atoms with van der Waals surface area (Å²) in [6.07, 6.45) is 2.03. The second-order valence-corrected chi connectivity index (χ2v) is 8.27. The molecule has 0 spiro atoms. The summed E-state index contributed by atoms with van der Waals surface area (Å²) in [6.45, 7) is 10.2.